The molecule has 0 spiro atoms. The van der Waals surface area contributed by atoms with Gasteiger partial charge in [0, 0.05) is 27.5 Å². The molecule has 2 aromatic carbocycles. The highest BCUT2D eigenvalue weighted by Gasteiger charge is 2.22. The number of methoxy groups -OCH3 is 1. The fourth-order valence-electron chi connectivity index (χ4n) is 3.52. The number of anilines is 1. The van der Waals surface area contributed by atoms with Gasteiger partial charge >= 0.3 is 0 Å². The van der Waals surface area contributed by atoms with E-state index in [2.05, 4.69) is 5.32 Å². The molecule has 0 radical (unpaired) electrons. The van der Waals surface area contributed by atoms with E-state index in [1.54, 1.807) is 13.4 Å². The average Bonchev–Trinajstić information content (AvgIpc) is 3.31. The maximum atomic E-state index is 6.26. The van der Waals surface area contributed by atoms with Gasteiger partial charge < -0.3 is 19.2 Å². The molecule has 1 heterocycles. The van der Waals surface area contributed by atoms with Gasteiger partial charge in [-0.05, 0) is 49.9 Å². The van der Waals surface area contributed by atoms with Crippen molar-refractivity contribution in [2.45, 2.75) is 38.3 Å². The second-order valence-electron chi connectivity index (χ2n) is 6.70. The third-order valence-electron chi connectivity index (χ3n) is 4.98. The minimum absolute atomic E-state index is 0.216. The van der Waals surface area contributed by atoms with Crippen LogP contribution in [0, 0.1) is 0 Å². The van der Waals surface area contributed by atoms with Crippen LogP contribution in [-0.2, 0) is 6.54 Å². The highest BCUT2D eigenvalue weighted by molar-refractivity contribution is 6.36. The van der Waals surface area contributed by atoms with Gasteiger partial charge in [0.1, 0.15) is 6.26 Å². The third-order valence-corrected chi connectivity index (χ3v) is 5.69. The van der Waals surface area contributed by atoms with E-state index in [1.807, 2.05) is 30.3 Å². The summed E-state index contributed by atoms with van der Waals surface area (Å²) in [6.45, 7) is 0.498. The van der Waals surface area contributed by atoms with Crippen molar-refractivity contribution in [3.05, 3.63) is 52.2 Å². The molecule has 0 amide bonds. The van der Waals surface area contributed by atoms with E-state index in [-0.39, 0.29) is 6.10 Å². The number of halogens is 2. The molecule has 0 atom stereocenters. The van der Waals surface area contributed by atoms with Crippen molar-refractivity contribution >= 4 is 39.9 Å². The van der Waals surface area contributed by atoms with Gasteiger partial charge in [0.25, 0.3) is 0 Å². The topological polar surface area (TPSA) is 43.6 Å². The number of furan rings is 1. The first-order chi connectivity index (χ1) is 13.2. The van der Waals surface area contributed by atoms with Crippen LogP contribution in [0.1, 0.15) is 31.2 Å². The summed E-state index contributed by atoms with van der Waals surface area (Å²) in [7, 11) is 1.64. The normalized spacial score (nSPS) is 14.6. The van der Waals surface area contributed by atoms with Gasteiger partial charge in [-0.15, -0.1) is 0 Å². The third kappa shape index (κ3) is 3.69. The Morgan fingerprint density at radius 1 is 1.11 bits per heavy atom. The molecular formula is C21H21Cl2NO3. The molecule has 4 nitrogen and oxygen atoms in total. The lowest BCUT2D eigenvalue weighted by Gasteiger charge is -2.16. The van der Waals surface area contributed by atoms with E-state index in [1.165, 1.54) is 12.8 Å². The fourth-order valence-corrected chi connectivity index (χ4v) is 4.05. The van der Waals surface area contributed by atoms with Crippen LogP contribution < -0.4 is 14.8 Å². The van der Waals surface area contributed by atoms with Gasteiger partial charge in [-0.2, -0.15) is 0 Å². The fraction of sp³-hybridized carbons (Fsp3) is 0.333. The van der Waals surface area contributed by atoms with E-state index in [0.29, 0.717) is 33.7 Å². The van der Waals surface area contributed by atoms with Crippen molar-refractivity contribution in [2.75, 3.05) is 12.4 Å². The first-order valence-electron chi connectivity index (χ1n) is 9.09. The predicted molar refractivity (Wildman–Crippen MR) is 109 cm³/mol. The standard InChI is InChI=1S/C21H21Cl2NO3/c1-25-19-10-9-14-18(24-11-15-16(22)7-4-8-17(15)23)12-26-20(14)21(19)27-13-5-2-3-6-13/h4,7-10,12-13,24H,2-3,5-6,11H2,1H3. The minimum atomic E-state index is 0.216. The van der Waals surface area contributed by atoms with Crippen LogP contribution in [0.3, 0.4) is 0 Å². The summed E-state index contributed by atoms with van der Waals surface area (Å²) < 4.78 is 17.6. The van der Waals surface area contributed by atoms with Crippen LogP contribution in [0.2, 0.25) is 10.0 Å². The van der Waals surface area contributed by atoms with Crippen LogP contribution in [0.15, 0.2) is 41.0 Å². The molecule has 0 bridgehead atoms. The molecule has 142 valence electrons. The zero-order valence-corrected chi connectivity index (χ0v) is 16.6. The van der Waals surface area contributed by atoms with Crippen LogP contribution >= 0.6 is 23.2 Å². The maximum absolute atomic E-state index is 6.26. The number of benzene rings is 2. The van der Waals surface area contributed by atoms with Gasteiger partial charge in [-0.3, -0.25) is 0 Å². The molecule has 0 aliphatic heterocycles. The van der Waals surface area contributed by atoms with Crippen LogP contribution in [0.5, 0.6) is 11.5 Å². The lowest BCUT2D eigenvalue weighted by Crippen LogP contribution is -2.11. The molecule has 1 aromatic heterocycles. The Balaban J connectivity index is 1.63. The Hall–Kier alpha value is -2.04. The Labute approximate surface area is 168 Å². The monoisotopic (exact) mass is 405 g/mol. The summed E-state index contributed by atoms with van der Waals surface area (Å²) in [5.41, 5.74) is 2.40. The van der Waals surface area contributed by atoms with Crippen molar-refractivity contribution in [3.63, 3.8) is 0 Å². The van der Waals surface area contributed by atoms with E-state index in [0.717, 1.165) is 29.5 Å². The molecule has 27 heavy (non-hydrogen) atoms. The lowest BCUT2D eigenvalue weighted by atomic mass is 10.2. The quantitative estimate of drug-likeness (QED) is 0.496. The first-order valence-corrected chi connectivity index (χ1v) is 9.84. The van der Waals surface area contributed by atoms with E-state index in [9.17, 15) is 0 Å². The Bertz CT molecular complexity index is 928. The number of nitrogens with one attached hydrogen (secondary N) is 1. The first kappa shape index (κ1) is 18.3. The Kier molecular flexibility index (Phi) is 5.37. The van der Waals surface area contributed by atoms with E-state index >= 15 is 0 Å². The molecule has 1 saturated carbocycles. The minimum Gasteiger partial charge on any atom is -0.493 e. The van der Waals surface area contributed by atoms with Gasteiger partial charge in [0.05, 0.1) is 18.9 Å². The van der Waals surface area contributed by atoms with Crippen molar-refractivity contribution < 1.29 is 13.9 Å². The summed E-state index contributed by atoms with van der Waals surface area (Å²) in [4.78, 5) is 0. The van der Waals surface area contributed by atoms with E-state index < -0.39 is 0 Å². The summed E-state index contributed by atoms with van der Waals surface area (Å²) in [6.07, 6.45) is 6.44. The number of hydrogen-bond acceptors (Lipinski definition) is 4. The Morgan fingerprint density at radius 2 is 1.85 bits per heavy atom. The van der Waals surface area contributed by atoms with Gasteiger partial charge in [-0.1, -0.05) is 29.3 Å². The zero-order chi connectivity index (χ0) is 18.8. The Morgan fingerprint density at radius 3 is 2.56 bits per heavy atom. The summed E-state index contributed by atoms with van der Waals surface area (Å²) in [5, 5.41) is 5.57. The summed E-state index contributed by atoms with van der Waals surface area (Å²) >= 11 is 12.5. The molecule has 0 unspecified atom stereocenters. The highest BCUT2D eigenvalue weighted by Crippen LogP contribution is 2.41. The number of rotatable bonds is 6. The SMILES string of the molecule is COc1ccc2c(NCc3c(Cl)cccc3Cl)coc2c1OC1CCCC1. The highest BCUT2D eigenvalue weighted by atomic mass is 35.5. The lowest BCUT2D eigenvalue weighted by molar-refractivity contribution is 0.201. The van der Waals surface area contributed by atoms with Gasteiger partial charge in [-0.25, -0.2) is 0 Å². The smallest absolute Gasteiger partial charge is 0.205 e. The largest absolute Gasteiger partial charge is 0.493 e. The molecule has 1 fully saturated rings. The van der Waals surface area contributed by atoms with Crippen LogP contribution in [0.4, 0.5) is 5.69 Å². The van der Waals surface area contributed by atoms with Crippen molar-refractivity contribution in [2.24, 2.45) is 0 Å². The molecule has 1 aliphatic rings. The second-order valence-corrected chi connectivity index (χ2v) is 7.52. The number of hydrogen-bond donors (Lipinski definition) is 1. The molecule has 1 N–H and O–H groups in total. The van der Waals surface area contributed by atoms with Crippen molar-refractivity contribution in [1.82, 2.24) is 0 Å². The molecule has 4 rings (SSSR count). The van der Waals surface area contributed by atoms with E-state index in [4.69, 9.17) is 37.1 Å². The predicted octanol–water partition coefficient (Wildman–Crippen LogP) is 6.68. The molecule has 1 aliphatic carbocycles. The molecule has 3 aromatic rings. The second kappa shape index (κ2) is 7.91. The summed E-state index contributed by atoms with van der Waals surface area (Å²) in [5.74, 6) is 1.36. The molecule has 6 heteroatoms. The summed E-state index contributed by atoms with van der Waals surface area (Å²) in [6, 6.07) is 9.37. The average molecular weight is 406 g/mol. The van der Waals surface area contributed by atoms with Crippen molar-refractivity contribution in [1.29, 1.82) is 0 Å². The van der Waals surface area contributed by atoms with Crippen LogP contribution in [-0.4, -0.2) is 13.2 Å². The molecular weight excluding hydrogens is 385 g/mol. The van der Waals surface area contributed by atoms with Crippen molar-refractivity contribution in [3.8, 4) is 11.5 Å². The number of fused-ring (bicyclic) bond motifs is 1. The number of ether oxygens (including phenoxy) is 2. The molecule has 0 saturated heterocycles. The zero-order valence-electron chi connectivity index (χ0n) is 15.1. The maximum Gasteiger partial charge on any atom is 0.205 e. The van der Waals surface area contributed by atoms with Gasteiger partial charge in [0.15, 0.2) is 11.3 Å². The van der Waals surface area contributed by atoms with Crippen LogP contribution in [0.25, 0.3) is 11.0 Å². The van der Waals surface area contributed by atoms with Gasteiger partial charge in [0.2, 0.25) is 5.75 Å².